The zero-order chi connectivity index (χ0) is 16.7. The van der Waals surface area contributed by atoms with Crippen LogP contribution >= 0.6 is 11.6 Å². The van der Waals surface area contributed by atoms with Gasteiger partial charge in [-0.05, 0) is 30.3 Å². The summed E-state index contributed by atoms with van der Waals surface area (Å²) >= 11 is 6.10. The number of ether oxygens (including phenoxy) is 2. The van der Waals surface area contributed by atoms with Crippen molar-refractivity contribution < 1.29 is 19.1 Å². The fourth-order valence-corrected chi connectivity index (χ4v) is 3.08. The first kappa shape index (κ1) is 14.8. The maximum atomic E-state index is 12.7. The number of anilines is 1. The third-order valence-corrected chi connectivity index (χ3v) is 4.30. The molecule has 1 fully saturated rings. The van der Waals surface area contributed by atoms with Crippen LogP contribution in [0.3, 0.4) is 0 Å². The predicted molar refractivity (Wildman–Crippen MR) is 87.8 cm³/mol. The average molecular weight is 342 g/mol. The van der Waals surface area contributed by atoms with Gasteiger partial charge in [-0.25, -0.2) is 4.79 Å². The van der Waals surface area contributed by atoms with Crippen LogP contribution < -0.4 is 9.64 Å². The maximum absolute atomic E-state index is 12.7. The Hall–Kier alpha value is -2.79. The molecule has 0 unspecified atom stereocenters. The number of carbonyl (C=O) groups is 2. The number of amides is 1. The molecule has 0 radical (unpaired) electrons. The highest BCUT2D eigenvalue weighted by Gasteiger charge is 2.66. The van der Waals surface area contributed by atoms with Gasteiger partial charge in [-0.1, -0.05) is 41.9 Å². The second kappa shape index (κ2) is 5.39. The van der Waals surface area contributed by atoms with E-state index >= 15 is 0 Å². The summed E-state index contributed by atoms with van der Waals surface area (Å²) in [5, 5.41) is 0.381. The molecule has 0 N–H and O–H groups in total. The summed E-state index contributed by atoms with van der Waals surface area (Å²) in [5.41, 5.74) is -0.657. The molecule has 1 saturated heterocycles. The van der Waals surface area contributed by atoms with E-state index in [-0.39, 0.29) is 5.91 Å². The molecule has 2 aliphatic rings. The average Bonchev–Trinajstić information content (AvgIpc) is 2.99. The minimum atomic E-state index is -1.28. The zero-order valence-electron chi connectivity index (χ0n) is 12.4. The van der Waals surface area contributed by atoms with Crippen LogP contribution in [0.25, 0.3) is 0 Å². The topological polar surface area (TPSA) is 55.8 Å². The number of β-lactam (4-membered cyclic amide) rings is 1. The van der Waals surface area contributed by atoms with Gasteiger partial charge in [0.15, 0.2) is 0 Å². The predicted octanol–water partition coefficient (Wildman–Crippen LogP) is 2.94. The molecule has 1 spiro atoms. The molecule has 0 saturated carbocycles. The number of hydrogen-bond donors (Lipinski definition) is 0. The Morgan fingerprint density at radius 1 is 1.04 bits per heavy atom. The summed E-state index contributed by atoms with van der Waals surface area (Å²) in [7, 11) is 0. The van der Waals surface area contributed by atoms with Gasteiger partial charge >= 0.3 is 5.97 Å². The highest BCUT2D eigenvalue weighted by atomic mass is 35.5. The Balaban J connectivity index is 1.71. The Morgan fingerprint density at radius 2 is 1.75 bits per heavy atom. The molecule has 4 rings (SSSR count). The van der Waals surface area contributed by atoms with Crippen molar-refractivity contribution in [1.29, 1.82) is 0 Å². The third kappa shape index (κ3) is 2.09. The van der Waals surface area contributed by atoms with E-state index in [4.69, 9.17) is 21.1 Å². The van der Waals surface area contributed by atoms with Gasteiger partial charge in [0.25, 0.3) is 11.6 Å². The zero-order valence-corrected chi connectivity index (χ0v) is 13.1. The molecule has 1 amide bonds. The van der Waals surface area contributed by atoms with Crippen molar-refractivity contribution in [3.8, 4) is 5.75 Å². The van der Waals surface area contributed by atoms with Crippen molar-refractivity contribution in [3.63, 3.8) is 0 Å². The van der Waals surface area contributed by atoms with E-state index in [1.54, 1.807) is 54.6 Å². The molecule has 24 heavy (non-hydrogen) atoms. The lowest BCUT2D eigenvalue weighted by atomic mass is 9.91. The molecule has 2 aromatic carbocycles. The number of esters is 1. The number of nitrogens with zero attached hydrogens (tertiary/aromatic N) is 1. The minimum absolute atomic E-state index is 0.305. The molecule has 0 bridgehead atoms. The van der Waals surface area contributed by atoms with Crippen LogP contribution in [0.2, 0.25) is 5.02 Å². The van der Waals surface area contributed by atoms with Gasteiger partial charge in [0.2, 0.25) is 6.10 Å². The van der Waals surface area contributed by atoms with Gasteiger partial charge in [0.1, 0.15) is 5.75 Å². The lowest BCUT2D eigenvalue weighted by molar-refractivity contribution is -0.173. The Labute approximate surface area is 143 Å². The Bertz CT molecular complexity index is 851. The first-order chi connectivity index (χ1) is 11.6. The van der Waals surface area contributed by atoms with Crippen LogP contribution in [-0.4, -0.2) is 23.7 Å². The van der Waals surface area contributed by atoms with Crippen molar-refractivity contribution in [2.24, 2.45) is 0 Å². The number of para-hydroxylation sites is 2. The van der Waals surface area contributed by atoms with Gasteiger partial charge in [-0.2, -0.15) is 0 Å². The van der Waals surface area contributed by atoms with Gasteiger partial charge < -0.3 is 9.47 Å². The van der Waals surface area contributed by atoms with Crippen LogP contribution in [-0.2, 0) is 14.3 Å². The smallest absolute Gasteiger partial charge is 0.333 e. The molecule has 6 heteroatoms. The molecule has 2 aromatic rings. The van der Waals surface area contributed by atoms with E-state index in [2.05, 4.69) is 0 Å². The molecule has 5 nitrogen and oxygen atoms in total. The molecular formula is C18H12ClNO4. The van der Waals surface area contributed by atoms with Gasteiger partial charge in [-0.3, -0.25) is 9.69 Å². The first-order valence-electron chi connectivity index (χ1n) is 7.34. The first-order valence-corrected chi connectivity index (χ1v) is 7.72. The van der Waals surface area contributed by atoms with Crippen molar-refractivity contribution >= 4 is 29.2 Å². The van der Waals surface area contributed by atoms with E-state index in [1.807, 2.05) is 6.07 Å². The van der Waals surface area contributed by atoms with Crippen LogP contribution in [0, 0.1) is 0 Å². The quantitative estimate of drug-likeness (QED) is 0.636. The standard InChI is InChI=1S/C18H12ClNO4/c19-13-8-4-5-9-14(13)23-16-17(22)20(12-6-2-1-3-7-12)18(16)11-10-15(21)24-18/h1-11,16H/t16-,18+/m0/s1. The van der Waals surface area contributed by atoms with Crippen LogP contribution in [0.5, 0.6) is 5.75 Å². The summed E-state index contributed by atoms with van der Waals surface area (Å²) in [6.07, 6.45) is 1.86. The molecule has 2 atom stereocenters. The largest absolute Gasteiger partial charge is 0.472 e. The Kier molecular flexibility index (Phi) is 3.32. The van der Waals surface area contributed by atoms with Crippen molar-refractivity contribution in [2.45, 2.75) is 11.8 Å². The number of carbonyl (C=O) groups excluding carboxylic acids is 2. The number of hydrogen-bond acceptors (Lipinski definition) is 4. The van der Waals surface area contributed by atoms with Crippen LogP contribution in [0.4, 0.5) is 5.69 Å². The summed E-state index contributed by atoms with van der Waals surface area (Å²) in [5.74, 6) is -0.461. The Morgan fingerprint density at radius 3 is 2.42 bits per heavy atom. The van der Waals surface area contributed by atoms with E-state index in [9.17, 15) is 9.59 Å². The lowest BCUT2D eigenvalue weighted by Gasteiger charge is -2.51. The lowest BCUT2D eigenvalue weighted by Crippen LogP contribution is -2.76. The summed E-state index contributed by atoms with van der Waals surface area (Å²) in [4.78, 5) is 25.8. The fraction of sp³-hybridized carbons (Fsp3) is 0.111. The van der Waals surface area contributed by atoms with Crippen molar-refractivity contribution in [2.75, 3.05) is 4.90 Å². The van der Waals surface area contributed by atoms with Gasteiger partial charge in [0, 0.05) is 11.8 Å². The summed E-state index contributed by atoms with van der Waals surface area (Å²) < 4.78 is 11.2. The SMILES string of the molecule is O=C1C=C[C@@]2(O1)[C@@H](Oc1ccccc1Cl)C(=O)N2c1ccccc1. The van der Waals surface area contributed by atoms with Crippen molar-refractivity contribution in [1.82, 2.24) is 0 Å². The van der Waals surface area contributed by atoms with E-state index < -0.39 is 17.8 Å². The molecule has 0 aromatic heterocycles. The monoisotopic (exact) mass is 341 g/mol. The summed E-state index contributed by atoms with van der Waals surface area (Å²) in [6, 6.07) is 15.8. The van der Waals surface area contributed by atoms with Gasteiger partial charge in [-0.15, -0.1) is 0 Å². The third-order valence-electron chi connectivity index (χ3n) is 3.99. The molecular weight excluding hydrogens is 330 g/mol. The van der Waals surface area contributed by atoms with Crippen LogP contribution in [0.1, 0.15) is 0 Å². The molecule has 120 valence electrons. The maximum Gasteiger partial charge on any atom is 0.333 e. The van der Waals surface area contributed by atoms with E-state index in [0.717, 1.165) is 0 Å². The van der Waals surface area contributed by atoms with Gasteiger partial charge in [0.05, 0.1) is 5.02 Å². The second-order valence-electron chi connectivity index (χ2n) is 5.44. The number of rotatable bonds is 3. The number of benzene rings is 2. The van der Waals surface area contributed by atoms with E-state index in [1.165, 1.54) is 11.0 Å². The minimum Gasteiger partial charge on any atom is -0.472 e. The molecule has 2 aliphatic heterocycles. The fourth-order valence-electron chi connectivity index (χ4n) is 2.90. The number of halogens is 1. The van der Waals surface area contributed by atoms with Crippen LogP contribution in [0.15, 0.2) is 66.7 Å². The normalized spacial score (nSPS) is 24.9. The highest BCUT2D eigenvalue weighted by Crippen LogP contribution is 2.44. The van der Waals surface area contributed by atoms with E-state index in [0.29, 0.717) is 16.5 Å². The molecule has 0 aliphatic carbocycles. The highest BCUT2D eigenvalue weighted by molar-refractivity contribution is 6.32. The van der Waals surface area contributed by atoms with Crippen molar-refractivity contribution in [3.05, 3.63) is 71.8 Å². The summed E-state index contributed by atoms with van der Waals surface area (Å²) in [6.45, 7) is 0. The second-order valence-corrected chi connectivity index (χ2v) is 5.85. The molecule has 2 heterocycles.